The molecule has 0 radical (unpaired) electrons. The van der Waals surface area contributed by atoms with Crippen LogP contribution in [0.25, 0.3) is 0 Å². The molecule has 2 amide bonds. The molecule has 2 aliphatic rings. The Hall–Kier alpha value is -2.75. The summed E-state index contributed by atoms with van der Waals surface area (Å²) in [4.78, 5) is 38.3. The van der Waals surface area contributed by atoms with Crippen molar-refractivity contribution in [3.8, 4) is 0 Å². The Morgan fingerprint density at radius 3 is 2.36 bits per heavy atom. The van der Waals surface area contributed by atoms with Crippen molar-refractivity contribution in [3.05, 3.63) is 24.0 Å². The number of aliphatic hydroxyl groups is 1. The average molecular weight is 595 g/mol. The van der Waals surface area contributed by atoms with E-state index in [1.165, 1.54) is 0 Å². The first-order valence-electron chi connectivity index (χ1n) is 15.4. The molecule has 0 aromatic heterocycles. The Balaban J connectivity index is 2.31. The van der Waals surface area contributed by atoms with Crippen LogP contribution in [0.5, 0.6) is 0 Å². The largest absolute Gasteiger partial charge is 0.509 e. The number of hydrogen-bond acceptors (Lipinski definition) is 8. The van der Waals surface area contributed by atoms with Gasteiger partial charge in [-0.15, -0.1) is 0 Å². The molecule has 10 nitrogen and oxygen atoms in total. The second-order valence-electron chi connectivity index (χ2n) is 13.9. The molecule has 0 aromatic carbocycles. The highest BCUT2D eigenvalue weighted by Crippen LogP contribution is 2.33. The lowest BCUT2D eigenvalue weighted by atomic mass is 9.87. The molecule has 0 aliphatic heterocycles. The molecule has 0 fully saturated rings. The average Bonchev–Trinajstić information content (AvgIpc) is 2.82. The zero-order valence-electron chi connectivity index (χ0n) is 26.9. The summed E-state index contributed by atoms with van der Waals surface area (Å²) in [5.41, 5.74) is -1.16. The van der Waals surface area contributed by atoms with E-state index in [9.17, 15) is 19.5 Å². The number of hydrogen-bond donors (Lipinski definition) is 3. The number of amides is 2. The van der Waals surface area contributed by atoms with Crippen molar-refractivity contribution in [1.82, 2.24) is 10.6 Å². The van der Waals surface area contributed by atoms with E-state index >= 15 is 0 Å². The first-order chi connectivity index (χ1) is 19.5. The van der Waals surface area contributed by atoms with Crippen LogP contribution in [0.15, 0.2) is 24.0 Å². The van der Waals surface area contributed by atoms with E-state index in [-0.39, 0.29) is 24.2 Å². The Morgan fingerprint density at radius 1 is 1.00 bits per heavy atom. The molecule has 0 aromatic rings. The van der Waals surface area contributed by atoms with Crippen molar-refractivity contribution in [2.45, 2.75) is 142 Å². The predicted molar refractivity (Wildman–Crippen MR) is 161 cm³/mol. The molecule has 0 bridgehead atoms. The topological polar surface area (TPSA) is 132 Å². The van der Waals surface area contributed by atoms with Crippen molar-refractivity contribution in [3.63, 3.8) is 0 Å². The van der Waals surface area contributed by atoms with Gasteiger partial charge in [-0.1, -0.05) is 26.3 Å². The molecule has 0 heterocycles. The van der Waals surface area contributed by atoms with Crippen LogP contribution in [0.4, 0.5) is 9.59 Å². The van der Waals surface area contributed by atoms with E-state index in [1.807, 2.05) is 40.7 Å². The third kappa shape index (κ3) is 14.4. The summed E-state index contributed by atoms with van der Waals surface area (Å²) >= 11 is 0. The van der Waals surface area contributed by atoms with Gasteiger partial charge in [0.1, 0.15) is 23.6 Å². The summed E-state index contributed by atoms with van der Waals surface area (Å²) in [5, 5.41) is 16.2. The highest BCUT2D eigenvalue weighted by Gasteiger charge is 2.36. The summed E-state index contributed by atoms with van der Waals surface area (Å²) in [6.07, 6.45) is 5.89. The Labute approximate surface area is 251 Å². The zero-order valence-corrected chi connectivity index (χ0v) is 26.9. The first kappa shape index (κ1) is 35.4. The summed E-state index contributed by atoms with van der Waals surface area (Å²) in [6, 6.07) is 0. The van der Waals surface area contributed by atoms with Crippen LogP contribution < -0.4 is 10.6 Å². The van der Waals surface area contributed by atoms with Gasteiger partial charge in [-0.05, 0) is 91.7 Å². The summed E-state index contributed by atoms with van der Waals surface area (Å²) in [5.74, 6) is 0.265. The van der Waals surface area contributed by atoms with Gasteiger partial charge in [0.2, 0.25) is 5.91 Å². The van der Waals surface area contributed by atoms with E-state index in [0.29, 0.717) is 38.0 Å². The van der Waals surface area contributed by atoms with Gasteiger partial charge in [0.25, 0.3) is 0 Å². The highest BCUT2D eigenvalue weighted by atomic mass is 16.7. The molecule has 0 saturated carbocycles. The quantitative estimate of drug-likeness (QED) is 0.233. The van der Waals surface area contributed by atoms with Crippen molar-refractivity contribution < 1.29 is 38.4 Å². The van der Waals surface area contributed by atoms with Gasteiger partial charge in [0.15, 0.2) is 6.10 Å². The lowest BCUT2D eigenvalue weighted by Gasteiger charge is -2.34. The Kier molecular flexibility index (Phi) is 13.7. The minimum atomic E-state index is -0.842. The van der Waals surface area contributed by atoms with Crippen LogP contribution >= 0.6 is 0 Å². The third-order valence-corrected chi connectivity index (χ3v) is 6.70. The molecular weight excluding hydrogens is 540 g/mol. The second-order valence-corrected chi connectivity index (χ2v) is 13.9. The van der Waals surface area contributed by atoms with Gasteiger partial charge in [-0.3, -0.25) is 4.79 Å². The lowest BCUT2D eigenvalue weighted by molar-refractivity contribution is -0.125. The first-order valence-corrected chi connectivity index (χ1v) is 15.4. The molecule has 42 heavy (non-hydrogen) atoms. The predicted octanol–water partition coefficient (Wildman–Crippen LogP) is 5.92. The normalized spacial score (nSPS) is 27.6. The van der Waals surface area contributed by atoms with Crippen molar-refractivity contribution >= 4 is 18.2 Å². The highest BCUT2D eigenvalue weighted by molar-refractivity contribution is 5.77. The van der Waals surface area contributed by atoms with Gasteiger partial charge >= 0.3 is 12.2 Å². The minimum Gasteiger partial charge on any atom is -0.491 e. The van der Waals surface area contributed by atoms with Crippen LogP contribution in [0, 0.1) is 11.8 Å². The number of aliphatic hydroxyl groups excluding tert-OH is 1. The van der Waals surface area contributed by atoms with Gasteiger partial charge in [-0.2, -0.15) is 0 Å². The summed E-state index contributed by atoms with van der Waals surface area (Å²) < 4.78 is 23.6. The van der Waals surface area contributed by atoms with E-state index in [0.717, 1.165) is 19.3 Å². The van der Waals surface area contributed by atoms with E-state index < -0.39 is 47.8 Å². The molecular formula is C32H54N2O8. The maximum Gasteiger partial charge on any atom is 0.509 e. The van der Waals surface area contributed by atoms with Crippen LogP contribution in [-0.2, 0) is 23.7 Å². The number of alkyl carbamates (subject to hydrolysis) is 1. The van der Waals surface area contributed by atoms with Crippen LogP contribution in [0.3, 0.4) is 0 Å². The van der Waals surface area contributed by atoms with Crippen molar-refractivity contribution in [1.29, 1.82) is 0 Å². The van der Waals surface area contributed by atoms with Crippen LogP contribution in [0.2, 0.25) is 0 Å². The molecule has 5 unspecified atom stereocenters. The van der Waals surface area contributed by atoms with Gasteiger partial charge in [0.05, 0.1) is 6.10 Å². The van der Waals surface area contributed by atoms with E-state index in [4.69, 9.17) is 18.9 Å². The van der Waals surface area contributed by atoms with E-state index in [2.05, 4.69) is 10.6 Å². The number of nitrogens with one attached hydrogen (secondary N) is 2. The maximum atomic E-state index is 13.0. The molecule has 0 saturated heterocycles. The number of allylic oxidation sites excluding steroid dienone is 1. The SMILES string of the molecule is CC(C)CNC(=O)OC1/C=C/C(O)CCC(O/C2=C\CCCCC(CC(=O)NC(C)(C)C)C2OC(=O)OC(C)(C)C)C1. The van der Waals surface area contributed by atoms with Gasteiger partial charge in [0, 0.05) is 30.8 Å². The number of carbonyl (C=O) groups is 3. The van der Waals surface area contributed by atoms with Gasteiger partial charge < -0.3 is 34.7 Å². The minimum absolute atomic E-state index is 0.134. The molecule has 2 rings (SSSR count). The fourth-order valence-electron chi connectivity index (χ4n) is 4.87. The maximum absolute atomic E-state index is 13.0. The number of rotatable bonds is 8. The second kappa shape index (κ2) is 16.2. The smallest absolute Gasteiger partial charge is 0.491 e. The molecule has 5 atom stereocenters. The Morgan fingerprint density at radius 2 is 1.71 bits per heavy atom. The Bertz CT molecular complexity index is 947. The fourth-order valence-corrected chi connectivity index (χ4v) is 4.87. The van der Waals surface area contributed by atoms with Crippen LogP contribution in [-0.4, -0.2) is 65.4 Å². The molecule has 3 N–H and O–H groups in total. The fraction of sp³-hybridized carbons (Fsp3) is 0.781. The number of ether oxygens (including phenoxy) is 4. The van der Waals surface area contributed by atoms with Crippen LogP contribution in [0.1, 0.15) is 107 Å². The summed E-state index contributed by atoms with van der Waals surface area (Å²) in [6.45, 7) is 15.5. The zero-order chi connectivity index (χ0) is 31.5. The third-order valence-electron chi connectivity index (χ3n) is 6.70. The molecule has 0 spiro atoms. The molecule has 240 valence electrons. The standard InChI is InChI=1S/C32H54N2O8/c1-21(2)20-33-29(37)40-25-17-15-23(35)14-16-24(19-25)39-26-13-11-9-10-12-22(18-27(36)34-31(3,4)5)28(26)41-30(38)42-32(6,7)8/h13,15,17,21-25,28,35H,9-12,14,16,18-20H2,1-8H3,(H,33,37)(H,34,36)/b17-15+,26-13-. The lowest BCUT2D eigenvalue weighted by Crippen LogP contribution is -2.43. The van der Waals surface area contributed by atoms with Crippen molar-refractivity contribution in [2.75, 3.05) is 6.54 Å². The molecule has 2 aliphatic carbocycles. The monoisotopic (exact) mass is 594 g/mol. The molecule has 10 heteroatoms. The van der Waals surface area contributed by atoms with Crippen molar-refractivity contribution in [2.24, 2.45) is 11.8 Å². The van der Waals surface area contributed by atoms with E-state index in [1.54, 1.807) is 32.9 Å². The van der Waals surface area contributed by atoms with Gasteiger partial charge in [-0.25, -0.2) is 9.59 Å². The number of carbonyl (C=O) groups excluding carboxylic acids is 3. The summed E-state index contributed by atoms with van der Waals surface area (Å²) in [7, 11) is 0.